The van der Waals surface area contributed by atoms with E-state index in [9.17, 15) is 23.1 Å². The van der Waals surface area contributed by atoms with Crippen LogP contribution in [0.15, 0.2) is 18.3 Å². The predicted octanol–water partition coefficient (Wildman–Crippen LogP) is 3.53. The number of fused-ring (bicyclic) bond motifs is 1. The number of anilines is 3. The number of nitrogens with one attached hydrogen (secondary N) is 2. The van der Waals surface area contributed by atoms with Crippen LogP contribution in [0.4, 0.5) is 30.8 Å². The van der Waals surface area contributed by atoms with Gasteiger partial charge in [-0.15, -0.1) is 0 Å². The zero-order valence-electron chi connectivity index (χ0n) is 18.8. The average molecular weight is 490 g/mol. The van der Waals surface area contributed by atoms with Crippen LogP contribution in [0.25, 0.3) is 11.2 Å². The third kappa shape index (κ3) is 4.62. The molecular weight excluding hydrogens is 463 g/mol. The highest BCUT2D eigenvalue weighted by Gasteiger charge is 2.30. The third-order valence-electron chi connectivity index (χ3n) is 6.92. The van der Waals surface area contributed by atoms with Gasteiger partial charge in [0.25, 0.3) is 0 Å². The van der Waals surface area contributed by atoms with Gasteiger partial charge in [0.15, 0.2) is 23.1 Å². The fraction of sp³-hybridized carbons (Fsp3) is 0.478. The van der Waals surface area contributed by atoms with Gasteiger partial charge in [0.2, 0.25) is 17.8 Å². The van der Waals surface area contributed by atoms with Crippen molar-refractivity contribution in [1.82, 2.24) is 19.5 Å². The maximum Gasteiger partial charge on any atom is 0.224 e. The number of benzene rings is 1. The summed E-state index contributed by atoms with van der Waals surface area (Å²) in [7, 11) is 0. The molecule has 2 aromatic heterocycles. The summed E-state index contributed by atoms with van der Waals surface area (Å²) >= 11 is 0. The van der Waals surface area contributed by atoms with E-state index in [0.717, 1.165) is 18.6 Å². The lowest BCUT2D eigenvalue weighted by Gasteiger charge is -2.29. The van der Waals surface area contributed by atoms with Crippen molar-refractivity contribution >= 4 is 34.7 Å². The van der Waals surface area contributed by atoms with Crippen LogP contribution in [0, 0.1) is 23.4 Å². The Labute approximate surface area is 199 Å². The highest BCUT2D eigenvalue weighted by molar-refractivity contribution is 5.78. The lowest BCUT2D eigenvalue weighted by atomic mass is 9.85. The van der Waals surface area contributed by atoms with Gasteiger partial charge in [-0.3, -0.25) is 9.36 Å². The molecule has 0 aliphatic heterocycles. The number of nitrogens with zero attached hydrogens (tertiary/aromatic N) is 4. The average Bonchev–Trinajstić information content (AvgIpc) is 3.41. The van der Waals surface area contributed by atoms with Crippen molar-refractivity contribution in [2.45, 2.75) is 63.1 Å². The van der Waals surface area contributed by atoms with Gasteiger partial charge in [0.05, 0.1) is 18.0 Å². The molecule has 35 heavy (non-hydrogen) atoms. The summed E-state index contributed by atoms with van der Waals surface area (Å²) in [5.41, 5.74) is 6.13. The molecule has 2 aliphatic carbocycles. The first-order valence-corrected chi connectivity index (χ1v) is 11.7. The number of aliphatic hydroxyl groups is 1. The van der Waals surface area contributed by atoms with E-state index in [-0.39, 0.29) is 41.6 Å². The van der Waals surface area contributed by atoms with Crippen LogP contribution in [0.1, 0.15) is 51.0 Å². The first-order valence-electron chi connectivity index (χ1n) is 11.7. The fourth-order valence-electron chi connectivity index (χ4n) is 5.03. The number of amides is 1. The molecule has 0 unspecified atom stereocenters. The quantitative estimate of drug-likeness (QED) is 0.390. The standard InChI is InChI=1S/C23H26F3N7O2/c24-15-7-8-16(19(26)18(15)25)30-23-31-17-10-28-22(29-12-3-6-14(34)9-12)32-21(17)33(23)13-4-1-11(2-5-13)20(27)35/h7-8,10-14,34H,1-6,9H2,(H2,27,35)(H,30,31)(H,28,29,32)/t11-,12-,13+,14-/m1/s1. The summed E-state index contributed by atoms with van der Waals surface area (Å²) < 4.78 is 43.5. The van der Waals surface area contributed by atoms with E-state index in [1.165, 1.54) is 6.20 Å². The summed E-state index contributed by atoms with van der Waals surface area (Å²) in [5.74, 6) is -4.20. The molecule has 2 aliphatic rings. The molecule has 12 heteroatoms. The molecule has 1 aromatic carbocycles. The molecule has 5 N–H and O–H groups in total. The van der Waals surface area contributed by atoms with Crippen molar-refractivity contribution in [1.29, 1.82) is 0 Å². The first kappa shape index (κ1) is 23.3. The number of aliphatic hydroxyl groups excluding tert-OH is 1. The van der Waals surface area contributed by atoms with Gasteiger partial charge in [0.1, 0.15) is 5.52 Å². The second kappa shape index (κ2) is 9.33. The Morgan fingerprint density at radius 2 is 1.83 bits per heavy atom. The van der Waals surface area contributed by atoms with Gasteiger partial charge >= 0.3 is 0 Å². The summed E-state index contributed by atoms with van der Waals surface area (Å²) in [6.07, 6.45) is 5.64. The van der Waals surface area contributed by atoms with Crippen molar-refractivity contribution < 1.29 is 23.1 Å². The maximum absolute atomic E-state index is 14.4. The Balaban J connectivity index is 1.52. The zero-order chi connectivity index (χ0) is 24.7. The number of carbonyl (C=O) groups is 1. The maximum atomic E-state index is 14.4. The van der Waals surface area contributed by atoms with Crippen LogP contribution >= 0.6 is 0 Å². The normalized spacial score (nSPS) is 24.6. The fourth-order valence-corrected chi connectivity index (χ4v) is 5.03. The van der Waals surface area contributed by atoms with Crippen LogP contribution in [-0.2, 0) is 4.79 Å². The summed E-state index contributed by atoms with van der Waals surface area (Å²) in [6, 6.07) is 1.84. The molecule has 2 atom stereocenters. The molecule has 2 heterocycles. The third-order valence-corrected chi connectivity index (χ3v) is 6.92. The molecule has 9 nitrogen and oxygen atoms in total. The molecule has 1 amide bonds. The number of nitrogens with two attached hydrogens (primary N) is 1. The Morgan fingerprint density at radius 3 is 2.51 bits per heavy atom. The Bertz CT molecular complexity index is 1260. The van der Waals surface area contributed by atoms with Crippen LogP contribution in [-0.4, -0.2) is 42.7 Å². The number of primary amides is 1. The van der Waals surface area contributed by atoms with Gasteiger partial charge < -0.3 is 21.5 Å². The van der Waals surface area contributed by atoms with Crippen molar-refractivity contribution in [3.63, 3.8) is 0 Å². The molecule has 5 rings (SSSR count). The van der Waals surface area contributed by atoms with Crippen LogP contribution in [0.3, 0.4) is 0 Å². The minimum absolute atomic E-state index is 0.0405. The molecule has 186 valence electrons. The van der Waals surface area contributed by atoms with Crippen LogP contribution in [0.5, 0.6) is 0 Å². The number of halogens is 3. The number of rotatable bonds is 6. The molecule has 2 fully saturated rings. The minimum Gasteiger partial charge on any atom is -0.393 e. The highest BCUT2D eigenvalue weighted by Crippen LogP contribution is 2.37. The Morgan fingerprint density at radius 1 is 1.06 bits per heavy atom. The summed E-state index contributed by atoms with van der Waals surface area (Å²) in [6.45, 7) is 0. The smallest absolute Gasteiger partial charge is 0.224 e. The van der Waals surface area contributed by atoms with E-state index < -0.39 is 17.5 Å². The molecular formula is C23H26F3N7O2. The molecule has 0 spiro atoms. The van der Waals surface area contributed by atoms with Crippen molar-refractivity contribution in [2.75, 3.05) is 10.6 Å². The van der Waals surface area contributed by atoms with E-state index in [1.807, 2.05) is 0 Å². The number of hydrogen-bond donors (Lipinski definition) is 4. The largest absolute Gasteiger partial charge is 0.393 e. The number of imidazole rings is 1. The lowest BCUT2D eigenvalue weighted by Crippen LogP contribution is -2.29. The van der Waals surface area contributed by atoms with E-state index in [0.29, 0.717) is 55.6 Å². The molecule has 0 saturated heterocycles. The highest BCUT2D eigenvalue weighted by atomic mass is 19.2. The van der Waals surface area contributed by atoms with E-state index in [4.69, 9.17) is 5.73 Å². The second-order valence-corrected chi connectivity index (χ2v) is 9.27. The van der Waals surface area contributed by atoms with E-state index in [2.05, 4.69) is 25.6 Å². The Kier molecular flexibility index (Phi) is 6.22. The predicted molar refractivity (Wildman–Crippen MR) is 122 cm³/mol. The van der Waals surface area contributed by atoms with Gasteiger partial charge in [-0.25, -0.2) is 23.1 Å². The van der Waals surface area contributed by atoms with Gasteiger partial charge in [0, 0.05) is 18.0 Å². The topological polar surface area (TPSA) is 131 Å². The van der Waals surface area contributed by atoms with Gasteiger partial charge in [-0.1, -0.05) is 0 Å². The second-order valence-electron chi connectivity index (χ2n) is 9.27. The van der Waals surface area contributed by atoms with Crippen molar-refractivity contribution in [3.05, 3.63) is 35.8 Å². The number of aromatic nitrogens is 4. The monoisotopic (exact) mass is 489 g/mol. The Hall–Kier alpha value is -3.41. The summed E-state index contributed by atoms with van der Waals surface area (Å²) in [4.78, 5) is 25.1. The lowest BCUT2D eigenvalue weighted by molar-refractivity contribution is -0.122. The van der Waals surface area contributed by atoms with Crippen LogP contribution in [0.2, 0.25) is 0 Å². The number of carbonyl (C=O) groups excluding carboxylic acids is 1. The minimum atomic E-state index is -1.58. The van der Waals surface area contributed by atoms with Crippen molar-refractivity contribution in [2.24, 2.45) is 11.7 Å². The molecule has 3 aromatic rings. The molecule has 0 bridgehead atoms. The molecule has 0 radical (unpaired) electrons. The SMILES string of the molecule is NC(=O)[C@H]1CC[C@@H](n2c(Nc3ccc(F)c(F)c3F)nc3cnc(N[C@@H]4CC[C@@H](O)C4)nc32)CC1. The van der Waals surface area contributed by atoms with Gasteiger partial charge in [-0.05, 0) is 57.1 Å². The van der Waals surface area contributed by atoms with Crippen LogP contribution < -0.4 is 16.4 Å². The van der Waals surface area contributed by atoms with Gasteiger partial charge in [-0.2, -0.15) is 4.98 Å². The number of hydrogen-bond acceptors (Lipinski definition) is 7. The summed E-state index contributed by atoms with van der Waals surface area (Å²) in [5, 5.41) is 15.8. The first-order chi connectivity index (χ1) is 16.8. The molecule has 2 saturated carbocycles. The van der Waals surface area contributed by atoms with E-state index >= 15 is 0 Å². The van der Waals surface area contributed by atoms with Crippen molar-refractivity contribution in [3.8, 4) is 0 Å². The zero-order valence-corrected chi connectivity index (χ0v) is 18.8. The van der Waals surface area contributed by atoms with E-state index in [1.54, 1.807) is 4.57 Å².